The first-order valence-electron chi connectivity index (χ1n) is 7.45. The summed E-state index contributed by atoms with van der Waals surface area (Å²) in [6.07, 6.45) is 2.95. The van der Waals surface area contributed by atoms with Crippen molar-refractivity contribution in [2.45, 2.75) is 26.3 Å². The van der Waals surface area contributed by atoms with Crippen LogP contribution in [0.15, 0.2) is 48.8 Å². The molecule has 0 aliphatic heterocycles. The predicted molar refractivity (Wildman–Crippen MR) is 87.4 cm³/mol. The molecule has 1 amide bonds. The second kappa shape index (κ2) is 6.43. The summed E-state index contributed by atoms with van der Waals surface area (Å²) in [6, 6.07) is 14.3. The molecule has 0 radical (unpaired) electrons. The van der Waals surface area contributed by atoms with Crippen LogP contribution in [-0.2, 0) is 17.8 Å². The van der Waals surface area contributed by atoms with E-state index in [1.165, 1.54) is 11.1 Å². The maximum Gasteiger partial charge on any atom is 0.220 e. The number of aryl methyl sites for hydroxylation is 2. The molecule has 4 heteroatoms. The highest BCUT2D eigenvalue weighted by Gasteiger charge is 2.04. The maximum absolute atomic E-state index is 11.9. The number of rotatable bonds is 5. The molecule has 0 saturated heterocycles. The number of carbonyl (C=O) groups is 1. The van der Waals surface area contributed by atoms with Crippen LogP contribution in [0.25, 0.3) is 11.0 Å². The van der Waals surface area contributed by atoms with Gasteiger partial charge in [0.05, 0.1) is 17.4 Å². The predicted octanol–water partition coefficient (Wildman–Crippen LogP) is 3.12. The average Bonchev–Trinajstić information content (AvgIpc) is 3.00. The second-order valence-electron chi connectivity index (χ2n) is 5.52. The first kappa shape index (κ1) is 14.3. The minimum absolute atomic E-state index is 0.0743. The van der Waals surface area contributed by atoms with Gasteiger partial charge in [0.25, 0.3) is 0 Å². The monoisotopic (exact) mass is 293 g/mol. The summed E-state index contributed by atoms with van der Waals surface area (Å²) >= 11 is 0. The van der Waals surface area contributed by atoms with E-state index in [0.29, 0.717) is 13.0 Å². The van der Waals surface area contributed by atoms with E-state index in [1.54, 1.807) is 6.33 Å². The van der Waals surface area contributed by atoms with Gasteiger partial charge in [-0.2, -0.15) is 0 Å². The highest BCUT2D eigenvalue weighted by atomic mass is 16.1. The van der Waals surface area contributed by atoms with Crippen LogP contribution >= 0.6 is 0 Å². The van der Waals surface area contributed by atoms with Gasteiger partial charge in [-0.05, 0) is 36.6 Å². The maximum atomic E-state index is 11.9. The van der Waals surface area contributed by atoms with Gasteiger partial charge in [-0.1, -0.05) is 35.9 Å². The van der Waals surface area contributed by atoms with E-state index >= 15 is 0 Å². The van der Waals surface area contributed by atoms with Crippen molar-refractivity contribution in [2.75, 3.05) is 0 Å². The molecule has 0 fully saturated rings. The van der Waals surface area contributed by atoms with E-state index in [-0.39, 0.29) is 5.91 Å². The van der Waals surface area contributed by atoms with Crippen LogP contribution in [0.2, 0.25) is 0 Å². The van der Waals surface area contributed by atoms with E-state index in [2.05, 4.69) is 46.5 Å². The number of H-pyrrole nitrogens is 1. The number of aromatic nitrogens is 2. The molecule has 0 aliphatic carbocycles. The average molecular weight is 293 g/mol. The van der Waals surface area contributed by atoms with Gasteiger partial charge in [-0.3, -0.25) is 4.79 Å². The first-order valence-corrected chi connectivity index (χ1v) is 7.45. The zero-order valence-corrected chi connectivity index (χ0v) is 12.6. The number of hydrogen-bond donors (Lipinski definition) is 2. The fourth-order valence-electron chi connectivity index (χ4n) is 2.39. The van der Waals surface area contributed by atoms with Crippen molar-refractivity contribution in [1.82, 2.24) is 15.3 Å². The Hall–Kier alpha value is -2.62. The summed E-state index contributed by atoms with van der Waals surface area (Å²) in [5, 5.41) is 2.96. The van der Waals surface area contributed by atoms with Crippen LogP contribution < -0.4 is 5.32 Å². The summed E-state index contributed by atoms with van der Waals surface area (Å²) in [7, 11) is 0. The van der Waals surface area contributed by atoms with Crippen LogP contribution in [0.5, 0.6) is 0 Å². The molecular formula is C18H19N3O. The molecule has 3 aromatic rings. The van der Waals surface area contributed by atoms with Crippen LogP contribution in [0.3, 0.4) is 0 Å². The summed E-state index contributed by atoms with van der Waals surface area (Å²) in [5.41, 5.74) is 5.43. The third-order valence-corrected chi connectivity index (χ3v) is 3.74. The Morgan fingerprint density at radius 3 is 2.73 bits per heavy atom. The molecule has 0 spiro atoms. The third kappa shape index (κ3) is 3.52. The molecule has 3 rings (SSSR count). The van der Waals surface area contributed by atoms with Gasteiger partial charge in [0, 0.05) is 13.0 Å². The lowest BCUT2D eigenvalue weighted by atomic mass is 10.1. The van der Waals surface area contributed by atoms with Gasteiger partial charge in [0.2, 0.25) is 5.91 Å². The van der Waals surface area contributed by atoms with Crippen LogP contribution in [0.1, 0.15) is 23.1 Å². The fourth-order valence-corrected chi connectivity index (χ4v) is 2.39. The molecule has 112 valence electrons. The second-order valence-corrected chi connectivity index (χ2v) is 5.52. The van der Waals surface area contributed by atoms with Crippen LogP contribution in [0.4, 0.5) is 0 Å². The third-order valence-electron chi connectivity index (χ3n) is 3.74. The van der Waals surface area contributed by atoms with Crippen molar-refractivity contribution in [2.24, 2.45) is 0 Å². The Bertz CT molecular complexity index is 774. The molecular weight excluding hydrogens is 274 g/mol. The number of fused-ring (bicyclic) bond motifs is 1. The highest BCUT2D eigenvalue weighted by molar-refractivity contribution is 5.77. The number of nitrogens with zero attached hydrogens (tertiary/aromatic N) is 1. The summed E-state index contributed by atoms with van der Waals surface area (Å²) < 4.78 is 0. The largest absolute Gasteiger partial charge is 0.352 e. The number of amides is 1. The molecule has 22 heavy (non-hydrogen) atoms. The minimum atomic E-state index is 0.0743. The van der Waals surface area contributed by atoms with Gasteiger partial charge in [0.1, 0.15) is 0 Å². The fraction of sp³-hybridized carbons (Fsp3) is 0.222. The molecule has 2 N–H and O–H groups in total. The van der Waals surface area contributed by atoms with E-state index in [4.69, 9.17) is 0 Å². The van der Waals surface area contributed by atoms with E-state index in [0.717, 1.165) is 23.0 Å². The number of imidazole rings is 1. The van der Waals surface area contributed by atoms with Gasteiger partial charge in [-0.25, -0.2) is 4.98 Å². The molecule has 1 aromatic heterocycles. The Morgan fingerprint density at radius 1 is 1.14 bits per heavy atom. The quantitative estimate of drug-likeness (QED) is 0.759. The topological polar surface area (TPSA) is 57.8 Å². The van der Waals surface area contributed by atoms with Crippen LogP contribution in [-0.4, -0.2) is 15.9 Å². The minimum Gasteiger partial charge on any atom is -0.352 e. The van der Waals surface area contributed by atoms with E-state index in [1.807, 2.05) is 18.2 Å². The zero-order chi connectivity index (χ0) is 15.4. The number of hydrogen-bond acceptors (Lipinski definition) is 2. The van der Waals surface area contributed by atoms with Crippen molar-refractivity contribution in [3.63, 3.8) is 0 Å². The SMILES string of the molecule is Cc1ccc(CCC(=O)NCc2ccc3nc[nH]c3c2)cc1. The summed E-state index contributed by atoms with van der Waals surface area (Å²) in [5.74, 6) is 0.0743. The Morgan fingerprint density at radius 2 is 1.91 bits per heavy atom. The number of nitrogens with one attached hydrogen (secondary N) is 2. The van der Waals surface area contributed by atoms with Crippen LogP contribution in [0, 0.1) is 6.92 Å². The molecule has 0 saturated carbocycles. The first-order chi connectivity index (χ1) is 10.7. The number of aromatic amines is 1. The molecule has 0 atom stereocenters. The molecule has 0 aliphatic rings. The van der Waals surface area contributed by atoms with Gasteiger partial charge in [-0.15, -0.1) is 0 Å². The lowest BCUT2D eigenvalue weighted by Crippen LogP contribution is -2.22. The molecule has 4 nitrogen and oxygen atoms in total. The smallest absolute Gasteiger partial charge is 0.220 e. The number of carbonyl (C=O) groups excluding carboxylic acids is 1. The molecule has 0 unspecified atom stereocenters. The summed E-state index contributed by atoms with van der Waals surface area (Å²) in [4.78, 5) is 19.2. The number of benzene rings is 2. The van der Waals surface area contributed by atoms with E-state index in [9.17, 15) is 4.79 Å². The standard InChI is InChI=1S/C18H19N3O/c1-13-2-4-14(5-3-13)7-9-18(22)19-11-15-6-8-16-17(10-15)21-12-20-16/h2-6,8,10,12H,7,9,11H2,1H3,(H,19,22)(H,20,21). The molecule has 0 bridgehead atoms. The Balaban J connectivity index is 1.50. The Kier molecular flexibility index (Phi) is 4.19. The van der Waals surface area contributed by atoms with Crippen molar-refractivity contribution in [3.8, 4) is 0 Å². The van der Waals surface area contributed by atoms with Crippen molar-refractivity contribution >= 4 is 16.9 Å². The van der Waals surface area contributed by atoms with Crippen molar-refractivity contribution in [1.29, 1.82) is 0 Å². The molecule has 1 heterocycles. The zero-order valence-electron chi connectivity index (χ0n) is 12.6. The summed E-state index contributed by atoms with van der Waals surface area (Å²) in [6.45, 7) is 2.61. The van der Waals surface area contributed by atoms with Gasteiger partial charge in [0.15, 0.2) is 0 Å². The van der Waals surface area contributed by atoms with Crippen molar-refractivity contribution < 1.29 is 4.79 Å². The van der Waals surface area contributed by atoms with Crippen molar-refractivity contribution in [3.05, 3.63) is 65.5 Å². The lowest BCUT2D eigenvalue weighted by Gasteiger charge is -2.06. The normalized spacial score (nSPS) is 10.8. The highest BCUT2D eigenvalue weighted by Crippen LogP contribution is 2.11. The molecule has 2 aromatic carbocycles. The Labute approximate surface area is 129 Å². The lowest BCUT2D eigenvalue weighted by molar-refractivity contribution is -0.121. The van der Waals surface area contributed by atoms with E-state index < -0.39 is 0 Å². The van der Waals surface area contributed by atoms with Gasteiger partial charge < -0.3 is 10.3 Å². The van der Waals surface area contributed by atoms with Gasteiger partial charge >= 0.3 is 0 Å².